The maximum Gasteiger partial charge on any atom is 0.223 e. The van der Waals surface area contributed by atoms with E-state index < -0.39 is 0 Å². The number of hydrogen-bond acceptors (Lipinski definition) is 1. The first kappa shape index (κ1) is 11.8. The van der Waals surface area contributed by atoms with Crippen LogP contribution in [-0.2, 0) is 11.3 Å². The van der Waals surface area contributed by atoms with Gasteiger partial charge in [-0.25, -0.2) is 0 Å². The molecule has 15 heavy (non-hydrogen) atoms. The van der Waals surface area contributed by atoms with E-state index in [1.165, 1.54) is 0 Å². The van der Waals surface area contributed by atoms with Crippen LogP contribution >= 0.6 is 0 Å². The van der Waals surface area contributed by atoms with Crippen LogP contribution in [0.15, 0.2) is 30.3 Å². The largest absolute Gasteiger partial charge is 0.352 e. The standard InChI is InChI=1S/C13H19NO/c1-10(2)11(3)13(15)14-9-12-7-5-4-6-8-12/h4-8,10-11H,9H2,1-3H3,(H,14,15)/t11-/m0/s1. The molecule has 0 radical (unpaired) electrons. The maximum absolute atomic E-state index is 11.6. The predicted molar refractivity (Wildman–Crippen MR) is 62.3 cm³/mol. The van der Waals surface area contributed by atoms with E-state index in [1.54, 1.807) is 0 Å². The summed E-state index contributed by atoms with van der Waals surface area (Å²) in [5.74, 6) is 0.600. The molecule has 0 saturated carbocycles. The second kappa shape index (κ2) is 5.54. The van der Waals surface area contributed by atoms with Crippen molar-refractivity contribution < 1.29 is 4.79 Å². The van der Waals surface area contributed by atoms with Crippen LogP contribution in [0.1, 0.15) is 26.3 Å². The van der Waals surface area contributed by atoms with Gasteiger partial charge in [0.1, 0.15) is 0 Å². The molecule has 2 heteroatoms. The van der Waals surface area contributed by atoms with Crippen molar-refractivity contribution in [2.45, 2.75) is 27.3 Å². The molecule has 0 saturated heterocycles. The van der Waals surface area contributed by atoms with Crippen LogP contribution in [0.2, 0.25) is 0 Å². The van der Waals surface area contributed by atoms with Gasteiger partial charge in [-0.2, -0.15) is 0 Å². The number of amides is 1. The smallest absolute Gasteiger partial charge is 0.223 e. The third kappa shape index (κ3) is 3.74. The molecule has 0 spiro atoms. The first-order valence-corrected chi connectivity index (χ1v) is 5.43. The molecular weight excluding hydrogens is 186 g/mol. The lowest BCUT2D eigenvalue weighted by Crippen LogP contribution is -2.31. The SMILES string of the molecule is CC(C)[C@H](C)C(=O)NCc1ccccc1. The summed E-state index contributed by atoms with van der Waals surface area (Å²) in [6.45, 7) is 6.71. The number of rotatable bonds is 4. The molecule has 0 aliphatic rings. The molecule has 0 bridgehead atoms. The van der Waals surface area contributed by atoms with Crippen molar-refractivity contribution in [1.29, 1.82) is 0 Å². The van der Waals surface area contributed by atoms with Crippen LogP contribution in [0.25, 0.3) is 0 Å². The van der Waals surface area contributed by atoms with Crippen molar-refractivity contribution in [2.75, 3.05) is 0 Å². The highest BCUT2D eigenvalue weighted by Gasteiger charge is 2.15. The van der Waals surface area contributed by atoms with Gasteiger partial charge in [-0.3, -0.25) is 4.79 Å². The Kier molecular flexibility index (Phi) is 4.35. The fraction of sp³-hybridized carbons (Fsp3) is 0.462. The van der Waals surface area contributed by atoms with Crippen LogP contribution in [0, 0.1) is 11.8 Å². The van der Waals surface area contributed by atoms with E-state index in [0.29, 0.717) is 12.5 Å². The monoisotopic (exact) mass is 205 g/mol. The predicted octanol–water partition coefficient (Wildman–Crippen LogP) is 2.59. The van der Waals surface area contributed by atoms with Crippen molar-refractivity contribution in [2.24, 2.45) is 11.8 Å². The summed E-state index contributed by atoms with van der Waals surface area (Å²) >= 11 is 0. The summed E-state index contributed by atoms with van der Waals surface area (Å²) in [5.41, 5.74) is 1.14. The van der Waals surface area contributed by atoms with Gasteiger partial charge in [0.2, 0.25) is 5.91 Å². The Morgan fingerprint density at radius 3 is 2.33 bits per heavy atom. The maximum atomic E-state index is 11.6. The van der Waals surface area contributed by atoms with Crippen LogP contribution in [-0.4, -0.2) is 5.91 Å². The molecule has 0 aliphatic heterocycles. The third-order valence-corrected chi connectivity index (χ3v) is 2.72. The van der Waals surface area contributed by atoms with Crippen LogP contribution in [0.5, 0.6) is 0 Å². The van der Waals surface area contributed by atoms with Crippen LogP contribution < -0.4 is 5.32 Å². The van der Waals surface area contributed by atoms with E-state index in [1.807, 2.05) is 37.3 Å². The van der Waals surface area contributed by atoms with E-state index >= 15 is 0 Å². The molecule has 1 aromatic rings. The highest BCUT2D eigenvalue weighted by atomic mass is 16.1. The number of carbonyl (C=O) groups excluding carboxylic acids is 1. The van der Waals surface area contributed by atoms with E-state index in [9.17, 15) is 4.79 Å². The summed E-state index contributed by atoms with van der Waals surface area (Å²) in [6.07, 6.45) is 0. The Labute approximate surface area is 91.7 Å². The fourth-order valence-electron chi connectivity index (χ4n) is 1.25. The van der Waals surface area contributed by atoms with Crippen LogP contribution in [0.4, 0.5) is 0 Å². The molecular formula is C13H19NO. The summed E-state index contributed by atoms with van der Waals surface area (Å²) < 4.78 is 0. The Morgan fingerprint density at radius 2 is 1.80 bits per heavy atom. The highest BCUT2D eigenvalue weighted by molar-refractivity contribution is 5.78. The number of nitrogens with one attached hydrogen (secondary N) is 1. The number of hydrogen-bond donors (Lipinski definition) is 1. The first-order valence-electron chi connectivity index (χ1n) is 5.43. The summed E-state index contributed by atoms with van der Waals surface area (Å²) in [5, 5.41) is 2.94. The Hall–Kier alpha value is -1.31. The third-order valence-electron chi connectivity index (χ3n) is 2.72. The average Bonchev–Trinajstić information content (AvgIpc) is 2.26. The van der Waals surface area contributed by atoms with E-state index in [2.05, 4.69) is 19.2 Å². The van der Waals surface area contributed by atoms with Gasteiger partial charge in [0.25, 0.3) is 0 Å². The molecule has 0 heterocycles. The second-order valence-corrected chi connectivity index (χ2v) is 4.24. The molecule has 1 amide bonds. The van der Waals surface area contributed by atoms with Crippen molar-refractivity contribution in [3.63, 3.8) is 0 Å². The molecule has 1 rings (SSSR count). The second-order valence-electron chi connectivity index (χ2n) is 4.24. The molecule has 0 aromatic heterocycles. The van der Waals surface area contributed by atoms with Gasteiger partial charge in [0.15, 0.2) is 0 Å². The Morgan fingerprint density at radius 1 is 1.20 bits per heavy atom. The first-order chi connectivity index (χ1) is 7.11. The molecule has 0 aliphatic carbocycles. The molecule has 1 N–H and O–H groups in total. The normalized spacial score (nSPS) is 12.5. The molecule has 2 nitrogen and oxygen atoms in total. The molecule has 0 fully saturated rings. The summed E-state index contributed by atoms with van der Waals surface area (Å²) in [4.78, 5) is 11.6. The van der Waals surface area contributed by atoms with Crippen molar-refractivity contribution in [3.8, 4) is 0 Å². The van der Waals surface area contributed by atoms with Crippen molar-refractivity contribution >= 4 is 5.91 Å². The van der Waals surface area contributed by atoms with Crippen molar-refractivity contribution in [3.05, 3.63) is 35.9 Å². The van der Waals surface area contributed by atoms with Gasteiger partial charge in [0.05, 0.1) is 0 Å². The minimum Gasteiger partial charge on any atom is -0.352 e. The van der Waals surface area contributed by atoms with Gasteiger partial charge in [0, 0.05) is 12.5 Å². The Bertz CT molecular complexity index is 306. The van der Waals surface area contributed by atoms with Gasteiger partial charge in [-0.15, -0.1) is 0 Å². The van der Waals surface area contributed by atoms with Gasteiger partial charge < -0.3 is 5.32 Å². The van der Waals surface area contributed by atoms with E-state index in [0.717, 1.165) is 5.56 Å². The zero-order valence-corrected chi connectivity index (χ0v) is 9.66. The minimum absolute atomic E-state index is 0.0775. The number of benzene rings is 1. The zero-order chi connectivity index (χ0) is 11.3. The van der Waals surface area contributed by atoms with Gasteiger partial charge >= 0.3 is 0 Å². The Balaban J connectivity index is 2.41. The van der Waals surface area contributed by atoms with E-state index in [4.69, 9.17) is 0 Å². The van der Waals surface area contributed by atoms with Crippen LogP contribution in [0.3, 0.4) is 0 Å². The molecule has 1 atom stereocenters. The molecule has 1 aromatic carbocycles. The van der Waals surface area contributed by atoms with Gasteiger partial charge in [-0.1, -0.05) is 51.1 Å². The summed E-state index contributed by atoms with van der Waals surface area (Å²) in [7, 11) is 0. The minimum atomic E-state index is 0.0775. The topological polar surface area (TPSA) is 29.1 Å². The van der Waals surface area contributed by atoms with Gasteiger partial charge in [-0.05, 0) is 11.5 Å². The highest BCUT2D eigenvalue weighted by Crippen LogP contribution is 2.09. The molecule has 82 valence electrons. The van der Waals surface area contributed by atoms with Crippen molar-refractivity contribution in [1.82, 2.24) is 5.32 Å². The summed E-state index contributed by atoms with van der Waals surface area (Å²) in [6, 6.07) is 9.96. The zero-order valence-electron chi connectivity index (χ0n) is 9.66. The quantitative estimate of drug-likeness (QED) is 0.804. The average molecular weight is 205 g/mol. The fourth-order valence-corrected chi connectivity index (χ4v) is 1.25. The lowest BCUT2D eigenvalue weighted by atomic mass is 9.97. The lowest BCUT2D eigenvalue weighted by molar-refractivity contribution is -0.125. The molecule has 0 unspecified atom stereocenters. The van der Waals surface area contributed by atoms with E-state index in [-0.39, 0.29) is 11.8 Å². The number of carbonyl (C=O) groups is 1. The lowest BCUT2D eigenvalue weighted by Gasteiger charge is -2.15.